The molecular weight excluding hydrogens is 309 g/mol. The number of urea groups is 1. The fourth-order valence-electron chi connectivity index (χ4n) is 1.81. The Morgan fingerprint density at radius 3 is 2.52 bits per heavy atom. The van der Waals surface area contributed by atoms with Gasteiger partial charge in [-0.05, 0) is 42.8 Å². The van der Waals surface area contributed by atoms with Crippen molar-refractivity contribution in [2.45, 2.75) is 13.5 Å². The van der Waals surface area contributed by atoms with Crippen LogP contribution in [-0.4, -0.2) is 22.5 Å². The lowest BCUT2D eigenvalue weighted by Gasteiger charge is -2.21. The van der Waals surface area contributed by atoms with Crippen LogP contribution in [0.4, 0.5) is 10.5 Å². The minimum Gasteiger partial charge on any atom is -0.320 e. The lowest BCUT2D eigenvalue weighted by atomic mass is 10.2. The molecule has 1 aromatic heterocycles. The summed E-state index contributed by atoms with van der Waals surface area (Å²) in [6.45, 7) is 3.04. The number of rotatable bonds is 4. The van der Waals surface area contributed by atoms with Crippen LogP contribution in [0.15, 0.2) is 42.7 Å². The van der Waals surface area contributed by atoms with Crippen LogP contribution < -0.4 is 5.32 Å². The Hall–Kier alpha value is -1.78. The van der Waals surface area contributed by atoms with Gasteiger partial charge in [-0.1, -0.05) is 23.2 Å². The van der Waals surface area contributed by atoms with E-state index in [0.29, 0.717) is 28.8 Å². The molecule has 4 nitrogen and oxygen atoms in total. The van der Waals surface area contributed by atoms with Crippen LogP contribution in [-0.2, 0) is 6.54 Å². The molecule has 0 fully saturated rings. The first kappa shape index (κ1) is 15.6. The highest BCUT2D eigenvalue weighted by Gasteiger charge is 2.12. The number of halogens is 2. The molecule has 21 heavy (non-hydrogen) atoms. The second-order valence-corrected chi connectivity index (χ2v) is 5.24. The van der Waals surface area contributed by atoms with Crippen LogP contribution in [0, 0.1) is 0 Å². The van der Waals surface area contributed by atoms with Crippen molar-refractivity contribution in [3.8, 4) is 0 Å². The summed E-state index contributed by atoms with van der Waals surface area (Å²) in [5, 5.41) is 3.68. The van der Waals surface area contributed by atoms with E-state index in [1.807, 2.05) is 19.1 Å². The first-order valence-electron chi connectivity index (χ1n) is 6.50. The highest BCUT2D eigenvalue weighted by molar-refractivity contribution is 6.42. The molecule has 0 saturated heterocycles. The molecule has 0 aliphatic carbocycles. The maximum atomic E-state index is 12.3. The molecule has 0 radical (unpaired) electrons. The Balaban J connectivity index is 2.04. The number of amides is 2. The summed E-state index contributed by atoms with van der Waals surface area (Å²) in [6.07, 6.45) is 3.42. The summed E-state index contributed by atoms with van der Waals surface area (Å²) in [7, 11) is 0. The van der Waals surface area contributed by atoms with Crippen LogP contribution in [0.1, 0.15) is 12.5 Å². The molecule has 2 rings (SSSR count). The Kier molecular flexibility index (Phi) is 5.42. The standard InChI is InChI=1S/C15H15Cl2N3O/c1-2-20(10-11-5-7-18-8-6-11)15(21)19-12-3-4-13(16)14(17)9-12/h3-9H,2,10H2,1H3,(H,19,21). The molecule has 0 unspecified atom stereocenters. The van der Waals surface area contributed by atoms with Gasteiger partial charge >= 0.3 is 6.03 Å². The van der Waals surface area contributed by atoms with E-state index in [-0.39, 0.29) is 6.03 Å². The molecular formula is C15H15Cl2N3O. The monoisotopic (exact) mass is 323 g/mol. The molecule has 2 amide bonds. The predicted molar refractivity (Wildman–Crippen MR) is 85.8 cm³/mol. The highest BCUT2D eigenvalue weighted by atomic mass is 35.5. The van der Waals surface area contributed by atoms with Gasteiger partial charge in [0, 0.05) is 31.2 Å². The fraction of sp³-hybridized carbons (Fsp3) is 0.200. The van der Waals surface area contributed by atoms with Crippen LogP contribution in [0.3, 0.4) is 0 Å². The third-order valence-electron chi connectivity index (χ3n) is 2.96. The lowest BCUT2D eigenvalue weighted by molar-refractivity contribution is 0.212. The van der Waals surface area contributed by atoms with Crippen LogP contribution in [0.25, 0.3) is 0 Å². The largest absolute Gasteiger partial charge is 0.322 e. The number of hydrogen-bond donors (Lipinski definition) is 1. The third-order valence-corrected chi connectivity index (χ3v) is 3.70. The maximum absolute atomic E-state index is 12.3. The first-order chi connectivity index (χ1) is 10.1. The summed E-state index contributed by atoms with van der Waals surface area (Å²) < 4.78 is 0. The summed E-state index contributed by atoms with van der Waals surface area (Å²) in [5.41, 5.74) is 1.64. The van der Waals surface area contributed by atoms with Crippen molar-refractivity contribution in [2.24, 2.45) is 0 Å². The predicted octanol–water partition coefficient (Wildman–Crippen LogP) is 4.44. The summed E-state index contributed by atoms with van der Waals surface area (Å²) >= 11 is 11.8. The van der Waals surface area contributed by atoms with E-state index in [2.05, 4.69) is 10.3 Å². The zero-order valence-corrected chi connectivity index (χ0v) is 13.0. The molecule has 0 spiro atoms. The van der Waals surface area contributed by atoms with E-state index in [0.717, 1.165) is 5.56 Å². The van der Waals surface area contributed by atoms with E-state index in [9.17, 15) is 4.79 Å². The summed E-state index contributed by atoms with van der Waals surface area (Å²) in [4.78, 5) is 17.9. The normalized spacial score (nSPS) is 10.2. The van der Waals surface area contributed by atoms with Crippen molar-refractivity contribution < 1.29 is 4.79 Å². The van der Waals surface area contributed by atoms with E-state index in [1.165, 1.54) is 0 Å². The van der Waals surface area contributed by atoms with Crippen LogP contribution in [0.2, 0.25) is 10.0 Å². The van der Waals surface area contributed by atoms with Crippen molar-refractivity contribution in [2.75, 3.05) is 11.9 Å². The van der Waals surface area contributed by atoms with E-state index < -0.39 is 0 Å². The molecule has 6 heteroatoms. The molecule has 1 heterocycles. The highest BCUT2D eigenvalue weighted by Crippen LogP contribution is 2.25. The average molecular weight is 324 g/mol. The number of pyridine rings is 1. The quantitative estimate of drug-likeness (QED) is 0.903. The van der Waals surface area contributed by atoms with Crippen molar-refractivity contribution in [3.05, 3.63) is 58.3 Å². The number of nitrogens with one attached hydrogen (secondary N) is 1. The Bertz CT molecular complexity index is 620. The molecule has 0 saturated carbocycles. The number of carbonyl (C=O) groups is 1. The number of aromatic nitrogens is 1. The van der Waals surface area contributed by atoms with Gasteiger partial charge in [0.15, 0.2) is 0 Å². The van der Waals surface area contributed by atoms with Gasteiger partial charge in [-0.3, -0.25) is 4.98 Å². The second kappa shape index (κ2) is 7.29. The molecule has 0 atom stereocenters. The van der Waals surface area contributed by atoms with Crippen molar-refractivity contribution in [1.82, 2.24) is 9.88 Å². The van der Waals surface area contributed by atoms with Gasteiger partial charge in [0.2, 0.25) is 0 Å². The molecule has 1 N–H and O–H groups in total. The lowest BCUT2D eigenvalue weighted by Crippen LogP contribution is -2.34. The van der Waals surface area contributed by atoms with Crippen LogP contribution >= 0.6 is 23.2 Å². The SMILES string of the molecule is CCN(Cc1ccncc1)C(=O)Nc1ccc(Cl)c(Cl)c1. The van der Waals surface area contributed by atoms with Crippen LogP contribution in [0.5, 0.6) is 0 Å². The van der Waals surface area contributed by atoms with Gasteiger partial charge in [0.05, 0.1) is 10.0 Å². The van der Waals surface area contributed by atoms with E-state index in [1.54, 1.807) is 35.5 Å². The molecule has 0 aliphatic rings. The van der Waals surface area contributed by atoms with Gasteiger partial charge in [-0.25, -0.2) is 4.79 Å². The summed E-state index contributed by atoms with van der Waals surface area (Å²) in [5.74, 6) is 0. The van der Waals surface area contributed by atoms with Crippen molar-refractivity contribution in [1.29, 1.82) is 0 Å². The van der Waals surface area contributed by atoms with E-state index >= 15 is 0 Å². The fourth-order valence-corrected chi connectivity index (χ4v) is 2.11. The Morgan fingerprint density at radius 1 is 1.19 bits per heavy atom. The summed E-state index contributed by atoms with van der Waals surface area (Å²) in [6, 6.07) is 8.57. The van der Waals surface area contributed by atoms with Gasteiger partial charge in [0.1, 0.15) is 0 Å². The van der Waals surface area contributed by atoms with Crippen molar-refractivity contribution in [3.63, 3.8) is 0 Å². The van der Waals surface area contributed by atoms with Gasteiger partial charge in [-0.15, -0.1) is 0 Å². The molecule has 2 aromatic rings. The number of benzene rings is 1. The van der Waals surface area contributed by atoms with Crippen molar-refractivity contribution >= 4 is 34.9 Å². The maximum Gasteiger partial charge on any atom is 0.322 e. The number of carbonyl (C=O) groups excluding carboxylic acids is 1. The molecule has 1 aromatic carbocycles. The number of hydrogen-bond acceptors (Lipinski definition) is 2. The smallest absolute Gasteiger partial charge is 0.320 e. The molecule has 0 bridgehead atoms. The van der Waals surface area contributed by atoms with E-state index in [4.69, 9.17) is 23.2 Å². The molecule has 110 valence electrons. The Labute approximate surface area is 133 Å². The average Bonchev–Trinajstić information content (AvgIpc) is 2.49. The first-order valence-corrected chi connectivity index (χ1v) is 7.25. The van der Waals surface area contributed by atoms with Gasteiger partial charge < -0.3 is 10.2 Å². The minimum absolute atomic E-state index is 0.187. The van der Waals surface area contributed by atoms with Gasteiger partial charge in [0.25, 0.3) is 0 Å². The zero-order valence-electron chi connectivity index (χ0n) is 11.5. The third kappa shape index (κ3) is 4.34. The zero-order chi connectivity index (χ0) is 15.2. The van der Waals surface area contributed by atoms with Gasteiger partial charge in [-0.2, -0.15) is 0 Å². The number of anilines is 1. The number of nitrogens with zero attached hydrogens (tertiary/aromatic N) is 2. The topological polar surface area (TPSA) is 45.2 Å². The second-order valence-electron chi connectivity index (χ2n) is 4.43. The molecule has 0 aliphatic heterocycles. The minimum atomic E-state index is -0.187. The Morgan fingerprint density at radius 2 is 1.90 bits per heavy atom.